The van der Waals surface area contributed by atoms with E-state index in [2.05, 4.69) is 34.3 Å². The van der Waals surface area contributed by atoms with Gasteiger partial charge in [-0.3, -0.25) is 4.79 Å². The predicted molar refractivity (Wildman–Crippen MR) is 124 cm³/mol. The van der Waals surface area contributed by atoms with Crippen molar-refractivity contribution in [3.05, 3.63) is 23.5 Å². The lowest BCUT2D eigenvalue weighted by Gasteiger charge is -2.60. The summed E-state index contributed by atoms with van der Waals surface area (Å²) in [6, 6.07) is 3.53. The summed E-state index contributed by atoms with van der Waals surface area (Å²) in [5.41, 5.74) is 3.21. The van der Waals surface area contributed by atoms with Crippen molar-refractivity contribution in [2.24, 2.45) is 22.7 Å². The number of carbonyl (C=O) groups excluding carboxylic acids is 1. The van der Waals surface area contributed by atoms with Crippen LogP contribution in [0.25, 0.3) is 0 Å². The summed E-state index contributed by atoms with van der Waals surface area (Å²) in [6.45, 7) is 15.5. The third-order valence-electron chi connectivity index (χ3n) is 9.76. The quantitative estimate of drug-likeness (QED) is 0.255. The number of rotatable bonds is 6. The molecule has 1 spiro atoms. The second kappa shape index (κ2) is 7.83. The van der Waals surface area contributed by atoms with Crippen LogP contribution in [0.4, 0.5) is 0 Å². The highest BCUT2D eigenvalue weighted by Gasteiger charge is 2.64. The van der Waals surface area contributed by atoms with Crippen LogP contribution in [0, 0.1) is 22.7 Å². The van der Waals surface area contributed by atoms with E-state index in [1.54, 1.807) is 6.92 Å². The van der Waals surface area contributed by atoms with Crippen LogP contribution >= 0.6 is 0 Å². The first-order valence-electron chi connectivity index (χ1n) is 12.5. The van der Waals surface area contributed by atoms with Crippen molar-refractivity contribution in [1.29, 1.82) is 0 Å². The summed E-state index contributed by atoms with van der Waals surface area (Å²) >= 11 is 0. The van der Waals surface area contributed by atoms with Crippen LogP contribution < -0.4 is 0 Å². The molecule has 4 rings (SSSR count). The molecule has 0 N–H and O–H groups in total. The molecule has 2 bridgehead atoms. The van der Waals surface area contributed by atoms with Gasteiger partial charge in [-0.25, -0.2) is 0 Å². The molecule has 0 aliphatic heterocycles. The van der Waals surface area contributed by atoms with Gasteiger partial charge in [0.05, 0.1) is 5.76 Å². The normalized spacial score (nSPS) is 38.2. The largest absolute Gasteiger partial charge is 0.547 e. The summed E-state index contributed by atoms with van der Waals surface area (Å²) in [6.07, 6.45) is 9.15. The molecule has 4 heteroatoms. The van der Waals surface area contributed by atoms with E-state index in [-0.39, 0.29) is 22.9 Å². The second-order valence-corrected chi connectivity index (χ2v) is 15.6. The molecule has 4 aliphatic rings. The van der Waals surface area contributed by atoms with Gasteiger partial charge in [0, 0.05) is 25.2 Å². The van der Waals surface area contributed by atoms with Crippen molar-refractivity contribution in [3.8, 4) is 0 Å². The highest BCUT2D eigenvalue weighted by atomic mass is 28.4. The minimum Gasteiger partial charge on any atom is -0.547 e. The van der Waals surface area contributed by atoms with Crippen molar-refractivity contribution in [2.75, 3.05) is 0 Å². The average molecular weight is 431 g/mol. The van der Waals surface area contributed by atoms with E-state index in [1.807, 2.05) is 0 Å². The SMILES string of the molecule is C=C1C[C@]23C[C@H]1CC[C@H]2C1(C)CCCC(O[Si](CC)(CC)CC)=C1CC3OC(C)=O. The van der Waals surface area contributed by atoms with Gasteiger partial charge in [0.15, 0.2) is 0 Å². The maximum atomic E-state index is 12.1. The molecule has 0 aromatic heterocycles. The zero-order valence-corrected chi connectivity index (χ0v) is 20.9. The van der Waals surface area contributed by atoms with Crippen LogP contribution in [0.15, 0.2) is 23.5 Å². The zero-order chi connectivity index (χ0) is 21.7. The Hall–Kier alpha value is -1.03. The maximum absolute atomic E-state index is 12.1. The van der Waals surface area contributed by atoms with Crippen LogP contribution in [0.2, 0.25) is 18.1 Å². The predicted octanol–water partition coefficient (Wildman–Crippen LogP) is 7.15. The first kappa shape index (κ1) is 22.2. The molecule has 30 heavy (non-hydrogen) atoms. The fourth-order valence-electron chi connectivity index (χ4n) is 7.95. The Morgan fingerprint density at radius 3 is 2.53 bits per heavy atom. The van der Waals surface area contributed by atoms with Crippen molar-refractivity contribution in [1.82, 2.24) is 0 Å². The fourth-order valence-corrected chi connectivity index (χ4v) is 10.6. The molecule has 3 saturated carbocycles. The number of hydrogen-bond acceptors (Lipinski definition) is 3. The molecule has 0 aromatic rings. The van der Waals surface area contributed by atoms with Crippen LogP contribution in [0.3, 0.4) is 0 Å². The van der Waals surface area contributed by atoms with Crippen LogP contribution in [-0.4, -0.2) is 20.4 Å². The summed E-state index contributed by atoms with van der Waals surface area (Å²) in [5, 5.41) is 0. The lowest BCUT2D eigenvalue weighted by atomic mass is 9.46. The maximum Gasteiger partial charge on any atom is 0.302 e. The van der Waals surface area contributed by atoms with Gasteiger partial charge in [-0.15, -0.1) is 0 Å². The number of carbonyl (C=O) groups is 1. The molecule has 2 unspecified atom stereocenters. The topological polar surface area (TPSA) is 35.5 Å². The van der Waals surface area contributed by atoms with E-state index in [1.165, 1.54) is 67.1 Å². The molecule has 168 valence electrons. The smallest absolute Gasteiger partial charge is 0.302 e. The van der Waals surface area contributed by atoms with Crippen LogP contribution in [-0.2, 0) is 14.0 Å². The summed E-state index contributed by atoms with van der Waals surface area (Å²) in [5.74, 6) is 2.38. The summed E-state index contributed by atoms with van der Waals surface area (Å²) < 4.78 is 13.2. The Morgan fingerprint density at radius 2 is 1.90 bits per heavy atom. The minimum atomic E-state index is -1.72. The first-order valence-corrected chi connectivity index (χ1v) is 15.0. The third kappa shape index (κ3) is 3.24. The Morgan fingerprint density at radius 1 is 1.20 bits per heavy atom. The molecule has 0 aromatic carbocycles. The zero-order valence-electron chi connectivity index (χ0n) is 19.9. The van der Waals surface area contributed by atoms with Gasteiger partial charge in [0.25, 0.3) is 0 Å². The van der Waals surface area contributed by atoms with Gasteiger partial charge in [0.1, 0.15) is 6.10 Å². The Labute approximate surface area is 184 Å². The number of hydrogen-bond donors (Lipinski definition) is 0. The molecule has 0 amide bonds. The molecule has 3 fully saturated rings. The van der Waals surface area contributed by atoms with Gasteiger partial charge in [-0.05, 0) is 79.5 Å². The molecular formula is C26H42O3Si. The van der Waals surface area contributed by atoms with Crippen molar-refractivity contribution < 1.29 is 14.0 Å². The molecule has 3 nitrogen and oxygen atoms in total. The molecule has 0 heterocycles. The van der Waals surface area contributed by atoms with Gasteiger partial charge < -0.3 is 9.16 Å². The fraction of sp³-hybridized carbons (Fsp3) is 0.808. The van der Waals surface area contributed by atoms with E-state index < -0.39 is 8.32 Å². The molecule has 0 saturated heterocycles. The number of esters is 1. The molecule has 5 atom stereocenters. The van der Waals surface area contributed by atoms with Gasteiger partial charge >= 0.3 is 5.97 Å². The average Bonchev–Trinajstić information content (AvgIpc) is 2.96. The molecule has 4 aliphatic carbocycles. The van der Waals surface area contributed by atoms with Gasteiger partial charge in [-0.1, -0.05) is 39.8 Å². The second-order valence-electron chi connectivity index (χ2n) is 10.9. The first-order chi connectivity index (χ1) is 14.2. The monoisotopic (exact) mass is 430 g/mol. The third-order valence-corrected chi connectivity index (χ3v) is 14.3. The van der Waals surface area contributed by atoms with E-state index >= 15 is 0 Å². The van der Waals surface area contributed by atoms with Crippen LogP contribution in [0.5, 0.6) is 0 Å². The van der Waals surface area contributed by atoms with Crippen molar-refractivity contribution in [2.45, 2.75) is 110 Å². The lowest BCUT2D eigenvalue weighted by molar-refractivity contribution is -0.170. The Kier molecular flexibility index (Phi) is 5.79. The van der Waals surface area contributed by atoms with Gasteiger partial charge in [0.2, 0.25) is 8.32 Å². The Balaban J connectivity index is 1.79. The van der Waals surface area contributed by atoms with E-state index in [0.717, 1.165) is 19.3 Å². The number of ether oxygens (including phenoxy) is 1. The minimum absolute atomic E-state index is 0.0113. The number of allylic oxidation sites excluding steroid dienone is 2. The van der Waals surface area contributed by atoms with Crippen molar-refractivity contribution in [3.63, 3.8) is 0 Å². The van der Waals surface area contributed by atoms with Crippen LogP contribution in [0.1, 0.15) is 86.0 Å². The van der Waals surface area contributed by atoms with Gasteiger partial charge in [-0.2, -0.15) is 0 Å². The highest BCUT2D eigenvalue weighted by Crippen LogP contribution is 2.70. The van der Waals surface area contributed by atoms with Crippen molar-refractivity contribution >= 4 is 14.3 Å². The Bertz CT molecular complexity index is 743. The standard InChI is InChI=1S/C26H42O3Si/c1-7-30(8-2,9-3)29-22-11-10-14-25(6)21(22)15-24(28-19(5)27)26-16-18(4)20(17-26)12-13-23(25)26/h20,23-24H,4,7-17H2,1-3,5-6H3/t20-,23+,24?,25?,26+/m1/s1. The van der Waals surface area contributed by atoms with E-state index in [4.69, 9.17) is 9.16 Å². The molecular weight excluding hydrogens is 388 g/mol. The lowest BCUT2D eigenvalue weighted by Crippen LogP contribution is -2.56. The van der Waals surface area contributed by atoms with E-state index in [9.17, 15) is 4.79 Å². The summed E-state index contributed by atoms with van der Waals surface area (Å²) in [4.78, 5) is 12.1. The molecule has 0 radical (unpaired) electrons. The highest BCUT2D eigenvalue weighted by molar-refractivity contribution is 6.73. The summed E-state index contributed by atoms with van der Waals surface area (Å²) in [7, 11) is -1.72. The number of fused-ring (bicyclic) bond motifs is 3. The van der Waals surface area contributed by atoms with E-state index in [0.29, 0.717) is 11.8 Å².